The van der Waals surface area contributed by atoms with Gasteiger partial charge in [-0.1, -0.05) is 18.2 Å². The standard InChI is InChI=1S/C20H16F3N3O4S2/c1-25-17(20(21,22)23)10-14(24-25)16-7-9-19(31-16)32(29,30)26-11-12(6-8-18(27)28)13-4-2-3-5-15(13)26/h2-5,7,9-11H,6,8H2,1H3,(H,27,28). The molecule has 0 radical (unpaired) electrons. The molecular weight excluding hydrogens is 467 g/mol. The average Bonchev–Trinajstić information content (AvgIpc) is 3.42. The summed E-state index contributed by atoms with van der Waals surface area (Å²) in [5, 5.41) is 13.5. The van der Waals surface area contributed by atoms with Crippen molar-refractivity contribution in [3.05, 3.63) is 59.9 Å². The summed E-state index contributed by atoms with van der Waals surface area (Å²) in [7, 11) is -2.90. The molecule has 0 unspecified atom stereocenters. The van der Waals surface area contributed by atoms with E-state index < -0.39 is 27.9 Å². The first-order valence-corrected chi connectivity index (χ1v) is 11.5. The highest BCUT2D eigenvalue weighted by molar-refractivity contribution is 7.92. The number of thiophene rings is 1. The first-order chi connectivity index (χ1) is 15.0. The summed E-state index contributed by atoms with van der Waals surface area (Å²) in [6.07, 6.45) is -3.19. The molecule has 168 valence electrons. The van der Waals surface area contributed by atoms with Crippen LogP contribution in [0.3, 0.4) is 0 Å². The highest BCUT2D eigenvalue weighted by Crippen LogP contribution is 2.36. The van der Waals surface area contributed by atoms with Crippen molar-refractivity contribution in [1.29, 1.82) is 0 Å². The Morgan fingerprint density at radius 1 is 1.19 bits per heavy atom. The molecule has 1 N–H and O–H groups in total. The SMILES string of the molecule is Cn1nc(-c2ccc(S(=O)(=O)n3cc(CCC(=O)O)c4ccccc43)s2)cc1C(F)(F)F. The van der Waals surface area contributed by atoms with Gasteiger partial charge in [0.2, 0.25) is 0 Å². The normalized spacial score (nSPS) is 12.5. The molecule has 0 spiro atoms. The van der Waals surface area contributed by atoms with Crippen LogP contribution in [0.2, 0.25) is 0 Å². The Morgan fingerprint density at radius 3 is 2.56 bits per heavy atom. The van der Waals surface area contributed by atoms with E-state index in [9.17, 15) is 26.4 Å². The molecule has 4 aromatic rings. The second-order valence-electron chi connectivity index (χ2n) is 7.02. The van der Waals surface area contributed by atoms with Crippen LogP contribution in [-0.4, -0.2) is 33.2 Å². The van der Waals surface area contributed by atoms with Crippen molar-refractivity contribution < 1.29 is 31.5 Å². The number of aromatic nitrogens is 3. The van der Waals surface area contributed by atoms with Crippen LogP contribution in [0.15, 0.2) is 52.9 Å². The van der Waals surface area contributed by atoms with Crippen LogP contribution in [0.4, 0.5) is 13.2 Å². The van der Waals surface area contributed by atoms with E-state index >= 15 is 0 Å². The summed E-state index contributed by atoms with van der Waals surface area (Å²) >= 11 is 0.810. The molecule has 0 bridgehead atoms. The molecule has 0 saturated heterocycles. The molecule has 0 aliphatic carbocycles. The second kappa shape index (κ2) is 7.78. The molecule has 0 saturated carbocycles. The molecule has 0 atom stereocenters. The number of carboxylic acids is 1. The molecule has 3 heterocycles. The van der Waals surface area contributed by atoms with E-state index in [2.05, 4.69) is 5.10 Å². The number of aliphatic carboxylic acids is 1. The van der Waals surface area contributed by atoms with E-state index in [0.29, 0.717) is 21.1 Å². The van der Waals surface area contributed by atoms with Gasteiger partial charge in [0.1, 0.15) is 15.6 Å². The van der Waals surface area contributed by atoms with Crippen LogP contribution >= 0.6 is 11.3 Å². The molecule has 0 aliphatic heterocycles. The molecule has 1 aromatic carbocycles. The Hall–Kier alpha value is -3.12. The van der Waals surface area contributed by atoms with Crippen LogP contribution < -0.4 is 0 Å². The van der Waals surface area contributed by atoms with Gasteiger partial charge in [-0.05, 0) is 36.2 Å². The Bertz CT molecular complexity index is 1430. The minimum absolute atomic E-state index is 0.0192. The summed E-state index contributed by atoms with van der Waals surface area (Å²) in [4.78, 5) is 11.2. The number of benzene rings is 1. The monoisotopic (exact) mass is 483 g/mol. The number of fused-ring (bicyclic) bond motifs is 1. The molecule has 4 rings (SSSR count). The van der Waals surface area contributed by atoms with Crippen LogP contribution in [0.25, 0.3) is 21.5 Å². The number of rotatable bonds is 6. The number of hydrogen-bond acceptors (Lipinski definition) is 5. The average molecular weight is 483 g/mol. The van der Waals surface area contributed by atoms with Crippen LogP contribution in [0, 0.1) is 0 Å². The second-order valence-corrected chi connectivity index (χ2v) is 10.1. The number of para-hydroxylation sites is 1. The van der Waals surface area contributed by atoms with Crippen LogP contribution in [0.5, 0.6) is 0 Å². The van der Waals surface area contributed by atoms with E-state index in [1.54, 1.807) is 24.3 Å². The summed E-state index contributed by atoms with van der Waals surface area (Å²) in [5.74, 6) is -0.999. The Morgan fingerprint density at radius 2 is 1.91 bits per heavy atom. The highest BCUT2D eigenvalue weighted by atomic mass is 32.2. The lowest BCUT2D eigenvalue weighted by molar-refractivity contribution is -0.143. The van der Waals surface area contributed by atoms with Gasteiger partial charge in [-0.3, -0.25) is 9.48 Å². The van der Waals surface area contributed by atoms with Gasteiger partial charge in [-0.15, -0.1) is 11.3 Å². The van der Waals surface area contributed by atoms with Crippen molar-refractivity contribution in [2.24, 2.45) is 7.05 Å². The summed E-state index contributed by atoms with van der Waals surface area (Å²) < 4.78 is 67.6. The molecule has 12 heteroatoms. The summed E-state index contributed by atoms with van der Waals surface area (Å²) in [6, 6.07) is 10.3. The largest absolute Gasteiger partial charge is 0.481 e. The quantitative estimate of drug-likeness (QED) is 0.439. The van der Waals surface area contributed by atoms with Crippen molar-refractivity contribution in [3.8, 4) is 10.6 Å². The molecule has 3 aromatic heterocycles. The topological polar surface area (TPSA) is 94.2 Å². The number of carboxylic acid groups (broad SMARTS) is 1. The number of aryl methyl sites for hydroxylation is 2. The van der Waals surface area contributed by atoms with Crippen molar-refractivity contribution >= 4 is 38.2 Å². The molecule has 0 aliphatic rings. The van der Waals surface area contributed by atoms with Gasteiger partial charge in [0.15, 0.2) is 0 Å². The summed E-state index contributed by atoms with van der Waals surface area (Å²) in [5.41, 5.74) is 0.0403. The summed E-state index contributed by atoms with van der Waals surface area (Å²) in [6.45, 7) is 0. The Balaban J connectivity index is 1.75. The lowest BCUT2D eigenvalue weighted by Crippen LogP contribution is -2.11. The van der Waals surface area contributed by atoms with Gasteiger partial charge in [-0.25, -0.2) is 3.97 Å². The first kappa shape index (κ1) is 22.1. The number of nitrogens with zero attached hydrogens (tertiary/aromatic N) is 3. The fourth-order valence-corrected chi connectivity index (χ4v) is 6.15. The predicted octanol–water partition coefficient (Wildman–Crippen LogP) is 4.38. The van der Waals surface area contributed by atoms with E-state index in [4.69, 9.17) is 5.11 Å². The van der Waals surface area contributed by atoms with Crippen molar-refractivity contribution in [2.45, 2.75) is 23.2 Å². The maximum Gasteiger partial charge on any atom is 0.433 e. The van der Waals surface area contributed by atoms with Gasteiger partial charge in [0.05, 0.1) is 10.4 Å². The van der Waals surface area contributed by atoms with E-state index in [1.807, 2.05) is 0 Å². The van der Waals surface area contributed by atoms with Gasteiger partial charge >= 0.3 is 12.1 Å². The highest BCUT2D eigenvalue weighted by Gasteiger charge is 2.35. The number of alkyl halides is 3. The fourth-order valence-electron chi connectivity index (χ4n) is 3.40. The number of carbonyl (C=O) groups is 1. The Kier molecular flexibility index (Phi) is 5.37. The van der Waals surface area contributed by atoms with E-state index in [1.165, 1.54) is 25.4 Å². The zero-order valence-electron chi connectivity index (χ0n) is 16.5. The first-order valence-electron chi connectivity index (χ1n) is 9.26. The molecule has 7 nitrogen and oxygen atoms in total. The zero-order chi connectivity index (χ0) is 23.3. The third-order valence-electron chi connectivity index (χ3n) is 4.89. The lowest BCUT2D eigenvalue weighted by Gasteiger charge is -2.05. The van der Waals surface area contributed by atoms with E-state index in [0.717, 1.165) is 21.4 Å². The van der Waals surface area contributed by atoms with Crippen LogP contribution in [-0.2, 0) is 34.5 Å². The third kappa shape index (κ3) is 3.91. The van der Waals surface area contributed by atoms with Gasteiger partial charge in [0, 0.05) is 25.1 Å². The zero-order valence-corrected chi connectivity index (χ0v) is 18.1. The van der Waals surface area contributed by atoms with Crippen LogP contribution in [0.1, 0.15) is 17.7 Å². The minimum atomic E-state index is -4.58. The van der Waals surface area contributed by atoms with E-state index in [-0.39, 0.29) is 27.6 Å². The smallest absolute Gasteiger partial charge is 0.433 e. The predicted molar refractivity (Wildman–Crippen MR) is 112 cm³/mol. The number of halogens is 3. The molecule has 32 heavy (non-hydrogen) atoms. The maximum atomic E-state index is 13.3. The minimum Gasteiger partial charge on any atom is -0.481 e. The molecule has 0 fully saturated rings. The lowest BCUT2D eigenvalue weighted by atomic mass is 10.1. The van der Waals surface area contributed by atoms with Crippen molar-refractivity contribution in [2.75, 3.05) is 0 Å². The Labute approximate surface area is 184 Å². The maximum absolute atomic E-state index is 13.3. The number of hydrogen-bond donors (Lipinski definition) is 1. The van der Waals surface area contributed by atoms with Crippen molar-refractivity contribution in [1.82, 2.24) is 13.8 Å². The van der Waals surface area contributed by atoms with Gasteiger partial charge < -0.3 is 5.11 Å². The van der Waals surface area contributed by atoms with Crippen molar-refractivity contribution in [3.63, 3.8) is 0 Å². The van der Waals surface area contributed by atoms with Gasteiger partial charge in [-0.2, -0.15) is 26.7 Å². The molecular formula is C20H16F3N3O4S2. The fraction of sp³-hybridized carbons (Fsp3) is 0.200. The molecule has 0 amide bonds. The van der Waals surface area contributed by atoms with Gasteiger partial charge in [0.25, 0.3) is 10.0 Å². The third-order valence-corrected chi connectivity index (χ3v) is 8.13.